The second kappa shape index (κ2) is 8.02. The van der Waals surface area contributed by atoms with Gasteiger partial charge >= 0.3 is 133 Å². The van der Waals surface area contributed by atoms with E-state index in [9.17, 15) is 4.79 Å². The fourth-order valence-corrected chi connectivity index (χ4v) is 4.17. The van der Waals surface area contributed by atoms with Crippen molar-refractivity contribution >= 4 is 25.3 Å². The summed E-state index contributed by atoms with van der Waals surface area (Å²) in [5.74, 6) is 0.138. The Morgan fingerprint density at radius 1 is 1.05 bits per heavy atom. The van der Waals surface area contributed by atoms with Crippen molar-refractivity contribution in [3.8, 4) is 0 Å². The molecule has 2 nitrogen and oxygen atoms in total. The van der Waals surface area contributed by atoms with Gasteiger partial charge < -0.3 is 0 Å². The molecule has 1 amide bonds. The average Bonchev–Trinajstić information content (AvgIpc) is 2.54. The first-order chi connectivity index (χ1) is 10.2. The van der Waals surface area contributed by atoms with Crippen LogP contribution in [-0.2, 0) is 4.79 Å². The van der Waals surface area contributed by atoms with Gasteiger partial charge in [-0.3, -0.25) is 0 Å². The van der Waals surface area contributed by atoms with Crippen molar-refractivity contribution in [2.45, 2.75) is 31.1 Å². The zero-order chi connectivity index (χ0) is 15.1. The van der Waals surface area contributed by atoms with Gasteiger partial charge in [-0.2, -0.15) is 0 Å². The molecule has 0 aromatic heterocycles. The van der Waals surface area contributed by atoms with Gasteiger partial charge in [0.15, 0.2) is 0 Å². The summed E-state index contributed by atoms with van der Waals surface area (Å²) in [4.78, 5) is 12.5. The maximum absolute atomic E-state index is 12.6. The van der Waals surface area contributed by atoms with E-state index in [0.717, 1.165) is 12.0 Å². The molecule has 0 saturated carbocycles. The van der Waals surface area contributed by atoms with E-state index < -0.39 is 0 Å². The van der Waals surface area contributed by atoms with Gasteiger partial charge in [0, 0.05) is 0 Å². The normalized spacial score (nSPS) is 13.4. The van der Waals surface area contributed by atoms with Gasteiger partial charge in [-0.1, -0.05) is 0 Å². The van der Waals surface area contributed by atoms with Crippen molar-refractivity contribution in [1.82, 2.24) is 5.32 Å². The Morgan fingerprint density at radius 3 is 2.19 bits per heavy atom. The Hall–Kier alpha value is -1.57. The molecule has 0 radical (unpaired) electrons. The summed E-state index contributed by atoms with van der Waals surface area (Å²) in [5, 5.41) is 3.13. The molecule has 0 saturated heterocycles. The zero-order valence-corrected chi connectivity index (χ0v) is 14.2. The van der Waals surface area contributed by atoms with Crippen LogP contribution >= 0.6 is 0 Å². The van der Waals surface area contributed by atoms with Crippen LogP contribution in [0.3, 0.4) is 0 Å². The molecule has 0 aliphatic heterocycles. The van der Waals surface area contributed by atoms with Gasteiger partial charge in [-0.15, -0.1) is 0 Å². The maximum atomic E-state index is 12.6. The third-order valence-electron chi connectivity index (χ3n) is 3.34. The summed E-state index contributed by atoms with van der Waals surface area (Å²) in [6, 6.07) is 20.6. The van der Waals surface area contributed by atoms with E-state index in [4.69, 9.17) is 0 Å². The monoisotopic (exact) mass is 347 g/mol. The number of carbonyl (C=O) groups is 1. The molecule has 3 heteroatoms. The van der Waals surface area contributed by atoms with Crippen molar-refractivity contribution in [1.29, 1.82) is 0 Å². The summed E-state index contributed by atoms with van der Waals surface area (Å²) in [7, 11) is 0. The second-order valence-corrected chi connectivity index (χ2v) is 7.51. The molecule has 0 fully saturated rings. The molecule has 1 N–H and O–H groups in total. The van der Waals surface area contributed by atoms with Crippen molar-refractivity contribution < 1.29 is 4.79 Å². The van der Waals surface area contributed by atoms with E-state index in [1.54, 1.807) is 0 Å². The molecule has 2 atom stereocenters. The molecular weight excluding hydrogens is 325 g/mol. The molecule has 2 rings (SSSR count). The fraction of sp³-hybridized carbons (Fsp3) is 0.278. The molecule has 0 aliphatic rings. The van der Waals surface area contributed by atoms with Crippen LogP contribution in [0.4, 0.5) is 0 Å². The van der Waals surface area contributed by atoms with Gasteiger partial charge in [0.2, 0.25) is 0 Å². The first-order valence-corrected chi connectivity index (χ1v) is 9.12. The number of rotatable bonds is 6. The van der Waals surface area contributed by atoms with Gasteiger partial charge in [-0.05, 0) is 0 Å². The van der Waals surface area contributed by atoms with Crippen LogP contribution in [0.1, 0.15) is 30.6 Å². The summed E-state index contributed by atoms with van der Waals surface area (Å²) < 4.78 is 1.25. The third kappa shape index (κ3) is 4.73. The molecule has 2 aromatic rings. The van der Waals surface area contributed by atoms with Crippen LogP contribution in [0.5, 0.6) is 0 Å². The van der Waals surface area contributed by atoms with E-state index in [1.165, 1.54) is 4.46 Å². The second-order valence-electron chi connectivity index (χ2n) is 5.04. The summed E-state index contributed by atoms with van der Waals surface area (Å²) in [6.07, 6.45) is 0.950. The molecular formula is C18H21NOSe. The minimum absolute atomic E-state index is 0.0740. The van der Waals surface area contributed by atoms with Crippen molar-refractivity contribution in [3.05, 3.63) is 66.2 Å². The standard InChI is InChI=1S/C18H21NOSe/c1-3-14(2)19-18(20)17(15-10-6-4-7-11-15)21-16-12-8-5-9-13-16/h4-14,17H,3H2,1-2H3,(H,19,20)/t14?,17-/m1/s1. The Kier molecular flexibility index (Phi) is 6.03. The molecule has 0 heterocycles. The van der Waals surface area contributed by atoms with Gasteiger partial charge in [0.25, 0.3) is 0 Å². The predicted octanol–water partition coefficient (Wildman–Crippen LogP) is 2.67. The first-order valence-electron chi connectivity index (χ1n) is 7.27. The van der Waals surface area contributed by atoms with E-state index in [2.05, 4.69) is 31.3 Å². The predicted molar refractivity (Wildman–Crippen MR) is 88.9 cm³/mol. The van der Waals surface area contributed by atoms with Crippen LogP contribution in [0.25, 0.3) is 0 Å². The molecule has 0 aliphatic carbocycles. The Morgan fingerprint density at radius 2 is 1.62 bits per heavy atom. The number of nitrogens with one attached hydrogen (secondary N) is 1. The number of benzene rings is 2. The molecule has 110 valence electrons. The SMILES string of the molecule is CCC(C)NC(=O)[C@H]([Se]c1ccccc1)c1ccccc1. The molecule has 1 unspecified atom stereocenters. The topological polar surface area (TPSA) is 29.1 Å². The van der Waals surface area contributed by atoms with Gasteiger partial charge in [0.05, 0.1) is 0 Å². The Labute approximate surface area is 133 Å². The number of carbonyl (C=O) groups excluding carboxylic acids is 1. The van der Waals surface area contributed by atoms with Crippen LogP contribution in [0.2, 0.25) is 0 Å². The zero-order valence-electron chi connectivity index (χ0n) is 12.5. The number of hydrogen-bond acceptors (Lipinski definition) is 1. The van der Waals surface area contributed by atoms with E-state index in [1.807, 2.05) is 48.5 Å². The third-order valence-corrected chi connectivity index (χ3v) is 6.00. The first kappa shape index (κ1) is 15.8. The fourth-order valence-electron chi connectivity index (χ4n) is 1.96. The van der Waals surface area contributed by atoms with Crippen molar-refractivity contribution in [2.75, 3.05) is 0 Å². The molecule has 21 heavy (non-hydrogen) atoms. The molecule has 2 aromatic carbocycles. The van der Waals surface area contributed by atoms with Gasteiger partial charge in [0.1, 0.15) is 0 Å². The summed E-state index contributed by atoms with van der Waals surface area (Å²) >= 11 is 0.0835. The van der Waals surface area contributed by atoms with Crippen LogP contribution in [0.15, 0.2) is 60.7 Å². The van der Waals surface area contributed by atoms with Gasteiger partial charge in [-0.25, -0.2) is 0 Å². The van der Waals surface area contributed by atoms with Crippen LogP contribution in [0, 0.1) is 0 Å². The number of hydrogen-bond donors (Lipinski definition) is 1. The summed E-state index contributed by atoms with van der Waals surface area (Å²) in [6.45, 7) is 4.14. The van der Waals surface area contributed by atoms with E-state index in [0.29, 0.717) is 0 Å². The Balaban J connectivity index is 2.20. The van der Waals surface area contributed by atoms with Crippen LogP contribution in [-0.4, -0.2) is 26.9 Å². The molecule has 0 bridgehead atoms. The Bertz CT molecular complexity index is 556. The van der Waals surface area contributed by atoms with Crippen LogP contribution < -0.4 is 9.78 Å². The van der Waals surface area contributed by atoms with Crippen molar-refractivity contribution in [3.63, 3.8) is 0 Å². The number of amides is 1. The van der Waals surface area contributed by atoms with E-state index in [-0.39, 0.29) is 31.7 Å². The molecule has 0 spiro atoms. The van der Waals surface area contributed by atoms with E-state index >= 15 is 0 Å². The van der Waals surface area contributed by atoms with Crippen molar-refractivity contribution in [2.24, 2.45) is 0 Å². The average molecular weight is 346 g/mol. The minimum atomic E-state index is -0.0740. The summed E-state index contributed by atoms with van der Waals surface area (Å²) in [5.41, 5.74) is 1.10. The quantitative estimate of drug-likeness (QED) is 0.801.